The number of para-hydroxylation sites is 1. The first-order valence-electron chi connectivity index (χ1n) is 8.12. The molecule has 134 valence electrons. The van der Waals surface area contributed by atoms with Gasteiger partial charge in [0.2, 0.25) is 11.8 Å². The third-order valence-corrected chi connectivity index (χ3v) is 3.69. The van der Waals surface area contributed by atoms with Gasteiger partial charge in [0.25, 0.3) is 5.56 Å². The Labute approximate surface area is 148 Å². The second-order valence-electron chi connectivity index (χ2n) is 5.54. The summed E-state index contributed by atoms with van der Waals surface area (Å²) < 4.78 is 2.75. The molecule has 0 saturated carbocycles. The summed E-state index contributed by atoms with van der Waals surface area (Å²) in [6.45, 7) is 1.91. The molecule has 0 saturated heterocycles. The summed E-state index contributed by atoms with van der Waals surface area (Å²) >= 11 is 0. The zero-order valence-corrected chi connectivity index (χ0v) is 14.2. The van der Waals surface area contributed by atoms with Crippen LogP contribution in [0.2, 0.25) is 0 Å². The van der Waals surface area contributed by atoms with E-state index in [4.69, 9.17) is 0 Å². The van der Waals surface area contributed by atoms with Gasteiger partial charge in [0.15, 0.2) is 5.65 Å². The maximum Gasteiger partial charge on any atom is 0.264 e. The number of nitrogens with one attached hydrogen (secondary N) is 2. The molecule has 0 aliphatic carbocycles. The van der Waals surface area contributed by atoms with Crippen LogP contribution in [0.25, 0.3) is 16.7 Å². The van der Waals surface area contributed by atoms with Gasteiger partial charge in [0, 0.05) is 6.54 Å². The molecule has 0 aliphatic rings. The van der Waals surface area contributed by atoms with Crippen LogP contribution in [0, 0.1) is 0 Å². The van der Waals surface area contributed by atoms with Gasteiger partial charge in [-0.25, -0.2) is 9.67 Å². The quantitative estimate of drug-likeness (QED) is 0.639. The van der Waals surface area contributed by atoms with Crippen LogP contribution in [0.3, 0.4) is 0 Å². The van der Waals surface area contributed by atoms with E-state index >= 15 is 0 Å². The number of likely N-dealkylation sites (N-methyl/N-ethyl adjacent to an activating group) is 1. The number of rotatable bonds is 6. The van der Waals surface area contributed by atoms with E-state index in [9.17, 15) is 14.4 Å². The average Bonchev–Trinajstić information content (AvgIpc) is 3.08. The highest BCUT2D eigenvalue weighted by atomic mass is 16.2. The Bertz CT molecular complexity index is 993. The minimum atomic E-state index is -0.449. The summed E-state index contributed by atoms with van der Waals surface area (Å²) in [6.07, 6.45) is 2.73. The Morgan fingerprint density at radius 3 is 2.62 bits per heavy atom. The standard InChI is InChI=1S/C17H18N6O3/c1-2-18-14(24)9-19-15(25)10-22-11-20-16-13(17(22)26)8-21-23(16)12-6-4-3-5-7-12/h3-8,11H,2,9-10H2,1H3,(H,18,24)(H,19,25). The molecule has 2 heterocycles. The molecule has 9 nitrogen and oxygen atoms in total. The molecule has 0 spiro atoms. The number of benzene rings is 1. The Morgan fingerprint density at radius 1 is 1.12 bits per heavy atom. The molecular weight excluding hydrogens is 336 g/mol. The van der Waals surface area contributed by atoms with Crippen molar-refractivity contribution in [2.24, 2.45) is 0 Å². The number of fused-ring (bicyclic) bond motifs is 1. The van der Waals surface area contributed by atoms with Crippen molar-refractivity contribution in [2.75, 3.05) is 13.1 Å². The third-order valence-electron chi connectivity index (χ3n) is 3.69. The van der Waals surface area contributed by atoms with E-state index in [1.807, 2.05) is 30.3 Å². The number of hydrogen-bond acceptors (Lipinski definition) is 5. The molecule has 0 fully saturated rings. The third kappa shape index (κ3) is 3.61. The molecule has 0 atom stereocenters. The maximum absolute atomic E-state index is 12.6. The van der Waals surface area contributed by atoms with Gasteiger partial charge >= 0.3 is 0 Å². The predicted octanol–water partition coefficient (Wildman–Crippen LogP) is -0.165. The van der Waals surface area contributed by atoms with Gasteiger partial charge in [0.05, 0.1) is 18.4 Å². The lowest BCUT2D eigenvalue weighted by Crippen LogP contribution is -2.39. The Hall–Kier alpha value is -3.49. The van der Waals surface area contributed by atoms with Gasteiger partial charge in [-0.3, -0.25) is 19.0 Å². The lowest BCUT2D eigenvalue weighted by molar-refractivity contribution is -0.126. The molecular formula is C17H18N6O3. The molecule has 26 heavy (non-hydrogen) atoms. The van der Waals surface area contributed by atoms with Gasteiger partial charge in [-0.1, -0.05) is 18.2 Å². The van der Waals surface area contributed by atoms with Gasteiger partial charge < -0.3 is 10.6 Å². The van der Waals surface area contributed by atoms with Crippen LogP contribution in [-0.4, -0.2) is 44.2 Å². The zero-order valence-electron chi connectivity index (χ0n) is 14.2. The normalized spacial score (nSPS) is 10.7. The molecule has 2 amide bonds. The summed E-state index contributed by atoms with van der Waals surface area (Å²) in [7, 11) is 0. The highest BCUT2D eigenvalue weighted by Crippen LogP contribution is 2.12. The number of carbonyl (C=O) groups excluding carboxylic acids is 2. The van der Waals surface area contributed by atoms with Gasteiger partial charge in [-0.05, 0) is 19.1 Å². The molecule has 0 unspecified atom stereocenters. The fraction of sp³-hybridized carbons (Fsp3) is 0.235. The smallest absolute Gasteiger partial charge is 0.264 e. The van der Waals surface area contributed by atoms with E-state index in [0.717, 1.165) is 5.69 Å². The highest BCUT2D eigenvalue weighted by molar-refractivity contribution is 5.84. The van der Waals surface area contributed by atoms with Crippen molar-refractivity contribution in [3.05, 3.63) is 53.2 Å². The topological polar surface area (TPSA) is 111 Å². The van der Waals surface area contributed by atoms with Gasteiger partial charge in [0.1, 0.15) is 18.3 Å². The van der Waals surface area contributed by atoms with Crippen molar-refractivity contribution in [3.63, 3.8) is 0 Å². The first kappa shape index (κ1) is 17.3. The highest BCUT2D eigenvalue weighted by Gasteiger charge is 2.13. The van der Waals surface area contributed by atoms with Crippen molar-refractivity contribution >= 4 is 22.8 Å². The molecule has 3 rings (SSSR count). The van der Waals surface area contributed by atoms with Crippen molar-refractivity contribution in [1.29, 1.82) is 0 Å². The summed E-state index contributed by atoms with van der Waals surface area (Å²) in [5.41, 5.74) is 0.831. The Morgan fingerprint density at radius 2 is 1.88 bits per heavy atom. The van der Waals surface area contributed by atoms with Crippen molar-refractivity contribution in [3.8, 4) is 5.69 Å². The first-order chi connectivity index (χ1) is 12.6. The second-order valence-corrected chi connectivity index (χ2v) is 5.54. The molecule has 2 aromatic heterocycles. The van der Waals surface area contributed by atoms with Crippen LogP contribution < -0.4 is 16.2 Å². The van der Waals surface area contributed by atoms with Crippen LogP contribution >= 0.6 is 0 Å². The number of aromatic nitrogens is 4. The number of carbonyl (C=O) groups is 2. The van der Waals surface area contributed by atoms with Crippen molar-refractivity contribution < 1.29 is 9.59 Å². The Kier molecular flexibility index (Phi) is 5.07. The van der Waals surface area contributed by atoms with Gasteiger partial charge in [-0.15, -0.1) is 0 Å². The van der Waals surface area contributed by atoms with Crippen molar-refractivity contribution in [1.82, 2.24) is 30.0 Å². The minimum Gasteiger partial charge on any atom is -0.355 e. The molecule has 2 N–H and O–H groups in total. The zero-order chi connectivity index (χ0) is 18.5. The summed E-state index contributed by atoms with van der Waals surface area (Å²) in [5, 5.41) is 9.56. The number of hydrogen-bond donors (Lipinski definition) is 2. The minimum absolute atomic E-state index is 0.136. The van der Waals surface area contributed by atoms with E-state index in [1.54, 1.807) is 11.6 Å². The molecule has 9 heteroatoms. The monoisotopic (exact) mass is 354 g/mol. The fourth-order valence-corrected chi connectivity index (χ4v) is 2.47. The molecule has 0 aliphatic heterocycles. The Balaban J connectivity index is 1.79. The first-order valence-corrected chi connectivity index (χ1v) is 8.12. The molecule has 0 radical (unpaired) electrons. The average molecular weight is 354 g/mol. The van der Waals surface area contributed by atoms with Crippen LogP contribution in [0.15, 0.2) is 47.7 Å². The van der Waals surface area contributed by atoms with E-state index in [-0.39, 0.29) is 24.6 Å². The summed E-state index contributed by atoms with van der Waals surface area (Å²) in [4.78, 5) is 40.1. The summed E-state index contributed by atoms with van der Waals surface area (Å²) in [5.74, 6) is -0.735. The van der Waals surface area contributed by atoms with Crippen LogP contribution in [-0.2, 0) is 16.1 Å². The molecule has 1 aromatic carbocycles. The lowest BCUT2D eigenvalue weighted by atomic mass is 10.3. The largest absolute Gasteiger partial charge is 0.355 e. The maximum atomic E-state index is 12.6. The second kappa shape index (κ2) is 7.60. The van der Waals surface area contributed by atoms with E-state index < -0.39 is 5.91 Å². The van der Waals surface area contributed by atoms with E-state index in [2.05, 4.69) is 20.7 Å². The van der Waals surface area contributed by atoms with Crippen LogP contribution in [0.5, 0.6) is 0 Å². The van der Waals surface area contributed by atoms with E-state index in [0.29, 0.717) is 17.6 Å². The van der Waals surface area contributed by atoms with Crippen molar-refractivity contribution in [2.45, 2.75) is 13.5 Å². The van der Waals surface area contributed by atoms with Crippen LogP contribution in [0.4, 0.5) is 0 Å². The van der Waals surface area contributed by atoms with E-state index in [1.165, 1.54) is 17.1 Å². The summed E-state index contributed by atoms with van der Waals surface area (Å²) in [6, 6.07) is 9.32. The molecule has 3 aromatic rings. The molecule has 0 bridgehead atoms. The predicted molar refractivity (Wildman–Crippen MR) is 94.8 cm³/mol. The number of amides is 2. The SMILES string of the molecule is CCNC(=O)CNC(=O)Cn1cnc2c(cnn2-c2ccccc2)c1=O. The van der Waals surface area contributed by atoms with Crippen LogP contribution in [0.1, 0.15) is 6.92 Å². The number of nitrogens with zero attached hydrogens (tertiary/aromatic N) is 4. The lowest BCUT2D eigenvalue weighted by Gasteiger charge is -2.07. The van der Waals surface area contributed by atoms with Gasteiger partial charge in [-0.2, -0.15) is 5.10 Å². The fourth-order valence-electron chi connectivity index (χ4n) is 2.47.